The highest BCUT2D eigenvalue weighted by molar-refractivity contribution is 5.69. The van der Waals surface area contributed by atoms with Gasteiger partial charge in [0.15, 0.2) is 0 Å². The predicted molar refractivity (Wildman–Crippen MR) is 182 cm³/mol. The number of ether oxygens (including phenoxy) is 5. The molecule has 0 bridgehead atoms. The molecule has 3 aromatic rings. The Balaban J connectivity index is 1.25. The third kappa shape index (κ3) is 7.86. The molecule has 2 aliphatic heterocycles. The van der Waals surface area contributed by atoms with Crippen LogP contribution < -0.4 is 10.6 Å². The minimum Gasteiger partial charge on any atom is -0.508 e. The number of nitrogens with zero attached hydrogens (tertiary/aromatic N) is 1. The molecule has 2 heterocycles. The predicted octanol–water partition coefficient (Wildman–Crippen LogP) is 1.49. The lowest BCUT2D eigenvalue weighted by Gasteiger charge is -2.60. The number of nitrogens with one attached hydrogen (secondary N) is 2. The number of aliphatic hydroxyl groups excluding tert-OH is 2. The standard InChI is InChI=1S/C37H45N3O12/c1-22-17-36(46,21-38-18-25-14-9-15-26(41)16-25)37(47)33(50-22)51-32-30(43)28(40(2)35(45)49-20-24-12-7-4-8-13-24)29(42)27(31(32)52-37)39-34(44)48-19-23-10-5-3-6-11-23/h3-16,22,27-33,38,41-43,46-47H,17-21H2,1-2H3,(H,39,44)/t22-,27+,28-,29-,30+,31?,32?,33?,36-,37-/m1/s1. The zero-order valence-corrected chi connectivity index (χ0v) is 28.8. The van der Waals surface area contributed by atoms with Crippen molar-refractivity contribution in [3.8, 4) is 5.75 Å². The molecule has 0 radical (unpaired) electrons. The van der Waals surface area contributed by atoms with E-state index in [1.165, 1.54) is 13.1 Å². The molecule has 15 heteroatoms. The molecule has 2 amide bonds. The van der Waals surface area contributed by atoms with Crippen LogP contribution in [0.2, 0.25) is 0 Å². The van der Waals surface area contributed by atoms with Crippen molar-refractivity contribution < 1.29 is 58.8 Å². The highest BCUT2D eigenvalue weighted by Crippen LogP contribution is 2.47. The van der Waals surface area contributed by atoms with Crippen LogP contribution in [0.3, 0.4) is 0 Å². The number of phenolic OH excluding ortho intramolecular Hbond substituents is 1. The van der Waals surface area contributed by atoms with Crippen molar-refractivity contribution in [2.75, 3.05) is 13.6 Å². The second kappa shape index (κ2) is 15.7. The summed E-state index contributed by atoms with van der Waals surface area (Å²) >= 11 is 0. The van der Waals surface area contributed by atoms with Crippen LogP contribution in [0, 0.1) is 0 Å². The topological polar surface area (TPSA) is 209 Å². The van der Waals surface area contributed by atoms with Crippen LogP contribution in [0.25, 0.3) is 0 Å². The number of hydrogen-bond acceptors (Lipinski definition) is 13. The third-order valence-electron chi connectivity index (χ3n) is 9.74. The van der Waals surface area contributed by atoms with E-state index >= 15 is 0 Å². The van der Waals surface area contributed by atoms with Gasteiger partial charge in [-0.15, -0.1) is 0 Å². The number of rotatable bonds is 10. The first-order valence-electron chi connectivity index (χ1n) is 17.1. The van der Waals surface area contributed by atoms with E-state index < -0.39 is 72.5 Å². The molecule has 10 atom stereocenters. The van der Waals surface area contributed by atoms with E-state index in [1.807, 2.05) is 12.1 Å². The molecule has 3 fully saturated rings. The fraction of sp³-hybridized carbons (Fsp3) is 0.459. The highest BCUT2D eigenvalue weighted by Gasteiger charge is 2.69. The van der Waals surface area contributed by atoms with Crippen LogP contribution in [0.5, 0.6) is 5.75 Å². The Morgan fingerprint density at radius 3 is 2.15 bits per heavy atom. The second-order valence-corrected chi connectivity index (χ2v) is 13.5. The molecule has 3 aliphatic rings. The van der Waals surface area contributed by atoms with Gasteiger partial charge in [-0.25, -0.2) is 9.59 Å². The first-order chi connectivity index (χ1) is 24.9. The maximum Gasteiger partial charge on any atom is 0.410 e. The van der Waals surface area contributed by atoms with E-state index in [0.29, 0.717) is 16.7 Å². The van der Waals surface area contributed by atoms with Gasteiger partial charge in [0, 0.05) is 26.6 Å². The first-order valence-corrected chi connectivity index (χ1v) is 17.1. The number of carbonyl (C=O) groups excluding carboxylic acids is 2. The van der Waals surface area contributed by atoms with Gasteiger partial charge in [-0.2, -0.15) is 0 Å². The molecule has 6 rings (SSSR count). The normalized spacial score (nSPS) is 32.5. The van der Waals surface area contributed by atoms with Crippen molar-refractivity contribution >= 4 is 12.2 Å². The van der Waals surface area contributed by atoms with E-state index in [0.717, 1.165) is 4.90 Å². The van der Waals surface area contributed by atoms with Crippen LogP contribution >= 0.6 is 0 Å². The van der Waals surface area contributed by atoms with Gasteiger partial charge in [-0.3, -0.25) is 0 Å². The molecular weight excluding hydrogens is 678 g/mol. The van der Waals surface area contributed by atoms with E-state index in [2.05, 4.69) is 10.6 Å². The number of alkyl carbamates (subject to hydrolysis) is 1. The lowest BCUT2D eigenvalue weighted by Crippen LogP contribution is -2.81. The molecule has 280 valence electrons. The maximum atomic E-state index is 13.3. The van der Waals surface area contributed by atoms with Gasteiger partial charge in [-0.1, -0.05) is 72.8 Å². The Morgan fingerprint density at radius 1 is 0.865 bits per heavy atom. The first kappa shape index (κ1) is 37.4. The van der Waals surface area contributed by atoms with E-state index in [4.69, 9.17) is 23.7 Å². The van der Waals surface area contributed by atoms with Gasteiger partial charge in [0.05, 0.1) is 18.2 Å². The van der Waals surface area contributed by atoms with Crippen LogP contribution in [0.4, 0.5) is 9.59 Å². The summed E-state index contributed by atoms with van der Waals surface area (Å²) in [6.07, 6.45) is -10.5. The minimum atomic E-state index is -2.58. The Kier molecular flexibility index (Phi) is 11.3. The number of benzene rings is 3. The average molecular weight is 724 g/mol. The van der Waals surface area contributed by atoms with Crippen LogP contribution in [0.15, 0.2) is 84.9 Å². The van der Waals surface area contributed by atoms with Crippen molar-refractivity contribution in [1.29, 1.82) is 0 Å². The van der Waals surface area contributed by atoms with Crippen molar-refractivity contribution in [2.24, 2.45) is 0 Å². The molecule has 1 aliphatic carbocycles. The van der Waals surface area contributed by atoms with Crippen LogP contribution in [-0.4, -0.2) is 116 Å². The fourth-order valence-corrected chi connectivity index (χ4v) is 7.08. The summed E-state index contributed by atoms with van der Waals surface area (Å²) in [7, 11) is 1.33. The van der Waals surface area contributed by atoms with Gasteiger partial charge in [-0.05, 0) is 35.7 Å². The molecule has 3 unspecified atom stereocenters. The summed E-state index contributed by atoms with van der Waals surface area (Å²) in [5.74, 6) is -2.51. The van der Waals surface area contributed by atoms with Crippen molar-refractivity contribution in [3.05, 3.63) is 102 Å². The monoisotopic (exact) mass is 723 g/mol. The summed E-state index contributed by atoms with van der Waals surface area (Å²) < 4.78 is 29.2. The quantitative estimate of drug-likeness (QED) is 0.158. The van der Waals surface area contributed by atoms with Crippen molar-refractivity contribution in [2.45, 2.75) is 93.4 Å². The summed E-state index contributed by atoms with van der Waals surface area (Å²) in [5.41, 5.74) is 0.0632. The number of aromatic hydroxyl groups is 1. The number of amides is 2. The highest BCUT2D eigenvalue weighted by atomic mass is 16.8. The summed E-state index contributed by atoms with van der Waals surface area (Å²) in [5, 5.41) is 63.2. The minimum absolute atomic E-state index is 0.0649. The maximum absolute atomic E-state index is 13.3. The van der Waals surface area contributed by atoms with Gasteiger partial charge in [0.2, 0.25) is 12.1 Å². The zero-order valence-electron chi connectivity index (χ0n) is 28.8. The van der Waals surface area contributed by atoms with E-state index in [9.17, 15) is 35.1 Å². The lowest BCUT2D eigenvalue weighted by atomic mass is 9.77. The lowest BCUT2D eigenvalue weighted by molar-refractivity contribution is -0.482. The second-order valence-electron chi connectivity index (χ2n) is 13.5. The molecule has 1 saturated carbocycles. The molecular formula is C37H45N3O12. The average Bonchev–Trinajstić information content (AvgIpc) is 3.12. The molecule has 2 saturated heterocycles. The molecule has 7 N–H and O–H groups in total. The smallest absolute Gasteiger partial charge is 0.410 e. The Labute approximate surface area is 300 Å². The Bertz CT molecular complexity index is 1670. The molecule has 52 heavy (non-hydrogen) atoms. The molecule has 0 spiro atoms. The summed E-state index contributed by atoms with van der Waals surface area (Å²) in [6.45, 7) is 1.46. The zero-order chi connectivity index (χ0) is 37.0. The van der Waals surface area contributed by atoms with E-state index in [-0.39, 0.29) is 38.5 Å². The van der Waals surface area contributed by atoms with Crippen LogP contribution in [-0.2, 0) is 43.4 Å². The van der Waals surface area contributed by atoms with Crippen molar-refractivity contribution in [1.82, 2.24) is 15.5 Å². The number of likely N-dealkylation sites (N-methyl/N-ethyl adjacent to an activating group) is 1. The largest absolute Gasteiger partial charge is 0.508 e. The number of hydrogen-bond donors (Lipinski definition) is 7. The van der Waals surface area contributed by atoms with Gasteiger partial charge in [0.1, 0.15) is 49.0 Å². The third-order valence-corrected chi connectivity index (χ3v) is 9.74. The molecule has 3 aromatic carbocycles. The Hall–Kier alpha value is -4.32. The summed E-state index contributed by atoms with van der Waals surface area (Å²) in [6, 6.07) is 21.5. The number of phenols is 1. The SMILES string of the molecule is C[C@@H]1C[C@@](O)(CNCc2cccc(O)c2)[C@]2(O)OC3C(OC2O1)[C@@H](O)[C@H](N(C)C(=O)OCc1ccccc1)[C@H](O)[C@@H]3NC(=O)OCc1ccccc1. The molecule has 15 nitrogen and oxygen atoms in total. The van der Waals surface area contributed by atoms with E-state index in [1.54, 1.807) is 73.7 Å². The van der Waals surface area contributed by atoms with Gasteiger partial charge >= 0.3 is 12.2 Å². The van der Waals surface area contributed by atoms with Crippen molar-refractivity contribution in [3.63, 3.8) is 0 Å². The summed E-state index contributed by atoms with van der Waals surface area (Å²) in [4.78, 5) is 27.5. The molecule has 0 aromatic heterocycles. The number of carbonyl (C=O) groups is 2. The Morgan fingerprint density at radius 2 is 1.50 bits per heavy atom. The number of aliphatic hydroxyl groups is 4. The number of fused-ring (bicyclic) bond motifs is 2. The van der Waals surface area contributed by atoms with Crippen LogP contribution in [0.1, 0.15) is 30.0 Å². The van der Waals surface area contributed by atoms with Gasteiger partial charge in [0.25, 0.3) is 0 Å². The van der Waals surface area contributed by atoms with Gasteiger partial charge < -0.3 is 64.8 Å². The fourth-order valence-electron chi connectivity index (χ4n) is 7.08.